The second-order valence-electron chi connectivity index (χ2n) is 6.57. The van der Waals surface area contributed by atoms with Gasteiger partial charge in [-0.15, -0.1) is 0 Å². The van der Waals surface area contributed by atoms with Gasteiger partial charge < -0.3 is 10.2 Å². The number of hydrogen-bond acceptors (Lipinski definition) is 5. The van der Waals surface area contributed by atoms with Gasteiger partial charge in [-0.25, -0.2) is 14.8 Å². The van der Waals surface area contributed by atoms with Gasteiger partial charge in [0.05, 0.1) is 16.9 Å². The predicted molar refractivity (Wildman–Crippen MR) is 98.9 cm³/mol. The van der Waals surface area contributed by atoms with Crippen LogP contribution in [0.1, 0.15) is 30.1 Å². The molecule has 3 aromatic rings. The number of rotatable bonds is 2. The Hall–Kier alpha value is -3.09. The number of fused-ring (bicyclic) bond motifs is 1. The number of benzene rings is 1. The highest BCUT2D eigenvalue weighted by atomic mass is 16.2. The van der Waals surface area contributed by atoms with Crippen molar-refractivity contribution in [2.75, 3.05) is 18.4 Å². The van der Waals surface area contributed by atoms with E-state index in [1.54, 1.807) is 12.5 Å². The molecule has 2 amide bonds. The van der Waals surface area contributed by atoms with Crippen LogP contribution >= 0.6 is 0 Å². The topological polar surface area (TPSA) is 83.9 Å². The van der Waals surface area contributed by atoms with Crippen molar-refractivity contribution in [3.8, 4) is 0 Å². The first-order valence-electron chi connectivity index (χ1n) is 8.75. The van der Waals surface area contributed by atoms with E-state index in [9.17, 15) is 4.79 Å². The zero-order chi connectivity index (χ0) is 17.9. The number of nitrogens with one attached hydrogen (secondary N) is 1. The molecule has 1 aliphatic heterocycles. The van der Waals surface area contributed by atoms with Crippen molar-refractivity contribution >= 4 is 22.6 Å². The molecule has 0 radical (unpaired) electrons. The van der Waals surface area contributed by atoms with Crippen LogP contribution < -0.4 is 5.32 Å². The monoisotopic (exact) mass is 348 g/mol. The van der Waals surface area contributed by atoms with Crippen LogP contribution in [0.25, 0.3) is 10.9 Å². The third kappa shape index (κ3) is 3.33. The van der Waals surface area contributed by atoms with Gasteiger partial charge in [-0.1, -0.05) is 6.07 Å². The van der Waals surface area contributed by atoms with Gasteiger partial charge >= 0.3 is 6.03 Å². The van der Waals surface area contributed by atoms with Crippen molar-refractivity contribution in [3.63, 3.8) is 0 Å². The SMILES string of the molecule is Cc1cc2c(NC(=O)N3CCCC(c4ccncn4)C3)cccc2nn1. The lowest BCUT2D eigenvalue weighted by molar-refractivity contribution is 0.192. The molecule has 2 aromatic heterocycles. The van der Waals surface area contributed by atoms with Crippen molar-refractivity contribution in [1.82, 2.24) is 25.1 Å². The molecule has 3 heterocycles. The Balaban J connectivity index is 1.52. The van der Waals surface area contributed by atoms with Crippen molar-refractivity contribution < 1.29 is 4.79 Å². The van der Waals surface area contributed by atoms with E-state index in [1.165, 1.54) is 0 Å². The highest BCUT2D eigenvalue weighted by molar-refractivity contribution is 6.00. The number of piperidine rings is 1. The maximum absolute atomic E-state index is 12.8. The Bertz CT molecular complexity index is 930. The van der Waals surface area contributed by atoms with E-state index in [0.717, 1.165) is 47.4 Å². The third-order valence-corrected chi connectivity index (χ3v) is 4.73. The molecule has 0 saturated carbocycles. The molecule has 1 N–H and O–H groups in total. The van der Waals surface area contributed by atoms with Crippen LogP contribution in [0.5, 0.6) is 0 Å². The van der Waals surface area contributed by atoms with Crippen molar-refractivity contribution in [1.29, 1.82) is 0 Å². The molecule has 1 aromatic carbocycles. The van der Waals surface area contributed by atoms with E-state index in [0.29, 0.717) is 6.54 Å². The summed E-state index contributed by atoms with van der Waals surface area (Å²) in [7, 11) is 0. The summed E-state index contributed by atoms with van der Waals surface area (Å²) in [6.45, 7) is 3.30. The minimum absolute atomic E-state index is 0.0919. The fraction of sp³-hybridized carbons (Fsp3) is 0.316. The summed E-state index contributed by atoms with van der Waals surface area (Å²) >= 11 is 0. The molecule has 7 heteroatoms. The number of anilines is 1. The average molecular weight is 348 g/mol. The Morgan fingerprint density at radius 1 is 1.27 bits per heavy atom. The maximum Gasteiger partial charge on any atom is 0.321 e. The molecule has 1 unspecified atom stereocenters. The maximum atomic E-state index is 12.8. The molecule has 4 rings (SSSR count). The van der Waals surface area contributed by atoms with Gasteiger partial charge in [0.2, 0.25) is 0 Å². The molecular weight excluding hydrogens is 328 g/mol. The number of nitrogens with zero attached hydrogens (tertiary/aromatic N) is 5. The Labute approximate surface area is 151 Å². The zero-order valence-electron chi connectivity index (χ0n) is 14.6. The molecule has 26 heavy (non-hydrogen) atoms. The van der Waals surface area contributed by atoms with Crippen LogP contribution in [0.15, 0.2) is 42.9 Å². The third-order valence-electron chi connectivity index (χ3n) is 4.73. The average Bonchev–Trinajstić information content (AvgIpc) is 2.69. The molecule has 0 aliphatic carbocycles. The lowest BCUT2D eigenvalue weighted by Crippen LogP contribution is -2.41. The lowest BCUT2D eigenvalue weighted by Gasteiger charge is -2.32. The molecule has 0 spiro atoms. The van der Waals surface area contributed by atoms with Crippen molar-refractivity contribution in [2.45, 2.75) is 25.7 Å². The predicted octanol–water partition coefficient (Wildman–Crippen LogP) is 3.14. The number of carbonyl (C=O) groups excluding carboxylic acids is 1. The van der Waals surface area contributed by atoms with E-state index >= 15 is 0 Å². The number of hydrogen-bond donors (Lipinski definition) is 1. The summed E-state index contributed by atoms with van der Waals surface area (Å²) < 4.78 is 0. The first-order chi connectivity index (χ1) is 12.7. The fourth-order valence-electron chi connectivity index (χ4n) is 3.41. The van der Waals surface area contributed by atoms with Gasteiger partial charge in [-0.2, -0.15) is 10.2 Å². The standard InChI is InChI=1S/C19H20N6O/c1-13-10-15-17(5-2-6-18(15)24-23-13)22-19(26)25-9-3-4-14(11-25)16-7-8-20-12-21-16/h2,5-8,10,12,14H,3-4,9,11H2,1H3,(H,22,26). The van der Waals surface area contributed by atoms with Gasteiger partial charge in [0.15, 0.2) is 0 Å². The number of urea groups is 1. The largest absolute Gasteiger partial charge is 0.324 e. The van der Waals surface area contributed by atoms with Crippen LogP contribution in [0.4, 0.5) is 10.5 Å². The summed E-state index contributed by atoms with van der Waals surface area (Å²) in [6.07, 6.45) is 5.31. The number of aryl methyl sites for hydroxylation is 1. The van der Waals surface area contributed by atoms with Gasteiger partial charge in [0.1, 0.15) is 6.33 Å². The Kier molecular flexibility index (Phi) is 4.43. The number of carbonyl (C=O) groups is 1. The number of aromatic nitrogens is 4. The fourth-order valence-corrected chi connectivity index (χ4v) is 3.41. The first kappa shape index (κ1) is 16.4. The molecule has 1 saturated heterocycles. The molecule has 132 valence electrons. The van der Waals surface area contributed by atoms with Crippen LogP contribution in [0.2, 0.25) is 0 Å². The minimum atomic E-state index is -0.0919. The van der Waals surface area contributed by atoms with E-state index in [2.05, 4.69) is 25.5 Å². The minimum Gasteiger partial charge on any atom is -0.324 e. The van der Waals surface area contributed by atoms with Gasteiger partial charge in [0, 0.05) is 36.3 Å². The van der Waals surface area contributed by atoms with Crippen LogP contribution in [0.3, 0.4) is 0 Å². The molecule has 0 bridgehead atoms. The highest BCUT2D eigenvalue weighted by Gasteiger charge is 2.25. The summed E-state index contributed by atoms with van der Waals surface area (Å²) in [4.78, 5) is 23.0. The second-order valence-corrected chi connectivity index (χ2v) is 6.57. The van der Waals surface area contributed by atoms with E-state index in [1.807, 2.05) is 42.2 Å². The van der Waals surface area contributed by atoms with Gasteiger partial charge in [-0.05, 0) is 44.0 Å². The van der Waals surface area contributed by atoms with E-state index in [-0.39, 0.29) is 11.9 Å². The Morgan fingerprint density at radius 2 is 2.19 bits per heavy atom. The quantitative estimate of drug-likeness (QED) is 0.769. The van der Waals surface area contributed by atoms with E-state index in [4.69, 9.17) is 0 Å². The Morgan fingerprint density at radius 3 is 3.04 bits per heavy atom. The summed E-state index contributed by atoms with van der Waals surface area (Å²) in [5.74, 6) is 0.248. The number of likely N-dealkylation sites (tertiary alicyclic amines) is 1. The van der Waals surface area contributed by atoms with Gasteiger partial charge in [-0.3, -0.25) is 0 Å². The molecule has 1 atom stereocenters. The number of amides is 2. The lowest BCUT2D eigenvalue weighted by atomic mass is 9.95. The summed E-state index contributed by atoms with van der Waals surface area (Å²) in [5, 5.41) is 12.2. The normalized spacial score (nSPS) is 17.3. The van der Waals surface area contributed by atoms with Gasteiger partial charge in [0.25, 0.3) is 0 Å². The van der Waals surface area contributed by atoms with Crippen LogP contribution in [-0.2, 0) is 0 Å². The van der Waals surface area contributed by atoms with E-state index < -0.39 is 0 Å². The molecule has 1 aliphatic rings. The first-order valence-corrected chi connectivity index (χ1v) is 8.75. The zero-order valence-corrected chi connectivity index (χ0v) is 14.6. The smallest absolute Gasteiger partial charge is 0.321 e. The van der Waals surface area contributed by atoms with Crippen molar-refractivity contribution in [2.24, 2.45) is 0 Å². The van der Waals surface area contributed by atoms with Crippen LogP contribution in [0, 0.1) is 6.92 Å². The van der Waals surface area contributed by atoms with Crippen molar-refractivity contribution in [3.05, 3.63) is 54.2 Å². The summed E-state index contributed by atoms with van der Waals surface area (Å²) in [6, 6.07) is 9.44. The molecular formula is C19H20N6O. The van der Waals surface area contributed by atoms with Crippen LogP contribution in [-0.4, -0.2) is 44.2 Å². The highest BCUT2D eigenvalue weighted by Crippen LogP contribution is 2.27. The summed E-state index contributed by atoms with van der Waals surface area (Å²) in [5.41, 5.74) is 3.34. The second kappa shape index (κ2) is 7.03. The molecule has 7 nitrogen and oxygen atoms in total. The molecule has 1 fully saturated rings.